The molecule has 3 fully saturated rings. The number of aliphatic hydroxyl groups is 1. The molecule has 0 radical (unpaired) electrons. The van der Waals surface area contributed by atoms with Gasteiger partial charge >= 0.3 is 5.97 Å². The lowest BCUT2D eigenvalue weighted by atomic mass is 9.71. The van der Waals surface area contributed by atoms with E-state index in [9.17, 15) is 19.5 Å². The van der Waals surface area contributed by atoms with Gasteiger partial charge in [-0.2, -0.15) is 0 Å². The average Bonchev–Trinajstić information content (AvgIpc) is 3.58. The van der Waals surface area contributed by atoms with Crippen LogP contribution in [0.3, 0.4) is 0 Å². The van der Waals surface area contributed by atoms with Crippen LogP contribution in [0, 0.1) is 17.8 Å². The Labute approximate surface area is 243 Å². The van der Waals surface area contributed by atoms with Crippen molar-refractivity contribution in [1.82, 2.24) is 4.90 Å². The van der Waals surface area contributed by atoms with Crippen LogP contribution in [0.2, 0.25) is 0 Å². The first-order valence-electron chi connectivity index (χ1n) is 14.7. The van der Waals surface area contributed by atoms with Crippen LogP contribution in [0.4, 0.5) is 11.4 Å². The molecule has 0 aliphatic carbocycles. The Balaban J connectivity index is 1.78. The maximum atomic E-state index is 14.7. The minimum atomic E-state index is -0.794. The minimum absolute atomic E-state index is 0.0515. The summed E-state index contributed by atoms with van der Waals surface area (Å²) in [5.74, 6) is -1.76. The summed E-state index contributed by atoms with van der Waals surface area (Å²) in [4.78, 5) is 47.7. The highest BCUT2D eigenvalue weighted by Crippen LogP contribution is 2.67. The predicted molar refractivity (Wildman–Crippen MR) is 160 cm³/mol. The third-order valence-electron chi connectivity index (χ3n) is 8.75. The van der Waals surface area contributed by atoms with Gasteiger partial charge in [0.25, 0.3) is 5.91 Å². The van der Waals surface area contributed by atoms with E-state index in [1.165, 1.54) is 0 Å². The fraction of sp³-hybridized carbons (Fsp3) is 0.645. The molecule has 3 aliphatic rings. The number of ether oxygens (including phenoxy) is 1. The number of aliphatic hydroxyl groups excluding tert-OH is 1. The van der Waals surface area contributed by atoms with Gasteiger partial charge in [-0.05, 0) is 70.2 Å². The smallest absolute Gasteiger partial charge is 0.310 e. The second-order valence-corrected chi connectivity index (χ2v) is 13.0. The number of nitrogens with zero attached hydrogens (tertiary/aromatic N) is 3. The van der Waals surface area contributed by atoms with E-state index < -0.39 is 28.7 Å². The van der Waals surface area contributed by atoms with Gasteiger partial charge in [0.15, 0.2) is 0 Å². The van der Waals surface area contributed by atoms with E-state index in [0.717, 1.165) is 30.9 Å². The molecule has 220 valence electrons. The summed E-state index contributed by atoms with van der Waals surface area (Å²) in [5, 5.41) is 10.4. The van der Waals surface area contributed by atoms with Crippen LogP contribution in [0.25, 0.3) is 0 Å². The van der Waals surface area contributed by atoms with Crippen molar-refractivity contribution in [2.45, 2.75) is 76.0 Å². The van der Waals surface area contributed by atoms with Crippen LogP contribution in [0.1, 0.15) is 53.9 Å². The van der Waals surface area contributed by atoms with Crippen LogP contribution >= 0.6 is 11.8 Å². The zero-order chi connectivity index (χ0) is 29.2. The van der Waals surface area contributed by atoms with Crippen LogP contribution in [0.15, 0.2) is 36.9 Å². The lowest BCUT2D eigenvalue weighted by molar-refractivity contribution is -0.154. The van der Waals surface area contributed by atoms with Crippen molar-refractivity contribution in [2.75, 3.05) is 42.6 Å². The molecule has 0 saturated carbocycles. The van der Waals surface area contributed by atoms with E-state index in [4.69, 9.17) is 4.74 Å². The number of hydrogen-bond acceptors (Lipinski definition) is 7. The van der Waals surface area contributed by atoms with E-state index >= 15 is 0 Å². The first-order valence-corrected chi connectivity index (χ1v) is 15.6. The highest BCUT2D eigenvalue weighted by molar-refractivity contribution is 8.02. The maximum absolute atomic E-state index is 14.7. The number of benzene rings is 1. The number of carbonyl (C=O) groups is 3. The quantitative estimate of drug-likeness (QED) is 0.282. The SMILES string of the molecule is C=CCN(C(=O)C1N([C@@H](CO)CC(C)C)C(=O)[C@@H]2[C@H](C(=O)OCC)[C@@H]3CCC12S3)c1ccc(N(CC)CC)cc1. The number of fused-ring (bicyclic) bond motifs is 1. The van der Waals surface area contributed by atoms with Gasteiger partial charge in [-0.15, -0.1) is 18.3 Å². The van der Waals surface area contributed by atoms with Gasteiger partial charge in [0.1, 0.15) is 6.04 Å². The summed E-state index contributed by atoms with van der Waals surface area (Å²) < 4.78 is 4.70. The molecule has 1 spiro atoms. The fourth-order valence-corrected chi connectivity index (χ4v) is 9.31. The van der Waals surface area contributed by atoms with E-state index in [0.29, 0.717) is 12.8 Å². The van der Waals surface area contributed by atoms with E-state index in [1.807, 2.05) is 38.1 Å². The lowest BCUT2D eigenvalue weighted by Crippen LogP contribution is -2.57. The van der Waals surface area contributed by atoms with Gasteiger partial charge in [0.05, 0.1) is 35.8 Å². The molecule has 2 unspecified atom stereocenters. The molecule has 8 nitrogen and oxygen atoms in total. The normalized spacial score (nSPS) is 27.6. The number of hydrogen-bond donors (Lipinski definition) is 1. The first-order chi connectivity index (χ1) is 19.2. The summed E-state index contributed by atoms with van der Waals surface area (Å²) in [6.45, 7) is 16.0. The van der Waals surface area contributed by atoms with Gasteiger partial charge in [0.2, 0.25) is 5.91 Å². The van der Waals surface area contributed by atoms with E-state index in [2.05, 4.69) is 25.3 Å². The van der Waals surface area contributed by atoms with Crippen LogP contribution in [-0.4, -0.2) is 82.7 Å². The molecule has 1 aromatic carbocycles. The van der Waals surface area contributed by atoms with Gasteiger partial charge in [-0.3, -0.25) is 14.4 Å². The Morgan fingerprint density at radius 3 is 2.40 bits per heavy atom. The molecule has 3 aliphatic heterocycles. The molecule has 0 aromatic heterocycles. The molecule has 9 heteroatoms. The Morgan fingerprint density at radius 1 is 1.20 bits per heavy atom. The standard InChI is InChI=1S/C31H45N3O5S/c1-7-17-33(22-13-11-21(12-14-22)32(8-2)9-3)29(37)27-31-16-15-24(40-31)25(30(38)39-10-4)26(31)28(36)34(27)23(19-35)18-20(5)6/h7,11-14,20,23-27,35H,1,8-10,15-19H2,2-6H3/t23-,24+,25-,26+,27?,31?/m1/s1. The Morgan fingerprint density at radius 2 is 1.85 bits per heavy atom. The van der Waals surface area contributed by atoms with Crippen molar-refractivity contribution in [3.63, 3.8) is 0 Å². The fourth-order valence-electron chi connectivity index (χ4n) is 7.12. The molecule has 2 bridgehead atoms. The molecule has 4 rings (SSSR count). The van der Waals surface area contributed by atoms with Crippen molar-refractivity contribution in [1.29, 1.82) is 0 Å². The van der Waals surface area contributed by atoms with Crippen LogP contribution < -0.4 is 9.80 Å². The number of likely N-dealkylation sites (tertiary alicyclic amines) is 1. The average molecular weight is 572 g/mol. The zero-order valence-electron chi connectivity index (χ0n) is 24.5. The highest BCUT2D eigenvalue weighted by Gasteiger charge is 2.74. The number of carbonyl (C=O) groups excluding carboxylic acids is 3. The molecule has 1 aromatic rings. The van der Waals surface area contributed by atoms with Crippen molar-refractivity contribution in [2.24, 2.45) is 17.8 Å². The largest absolute Gasteiger partial charge is 0.466 e. The van der Waals surface area contributed by atoms with Crippen molar-refractivity contribution < 1.29 is 24.2 Å². The second-order valence-electron chi connectivity index (χ2n) is 11.4. The van der Waals surface area contributed by atoms with Crippen LogP contribution in [0.5, 0.6) is 0 Å². The molecule has 6 atom stereocenters. The number of esters is 1. The van der Waals surface area contributed by atoms with Crippen LogP contribution in [-0.2, 0) is 19.1 Å². The first kappa shape index (κ1) is 30.4. The summed E-state index contributed by atoms with van der Waals surface area (Å²) >= 11 is 1.62. The molecule has 2 amide bonds. The third-order valence-corrected chi connectivity index (χ3v) is 10.7. The predicted octanol–water partition coefficient (Wildman–Crippen LogP) is 4.11. The van der Waals surface area contributed by atoms with Gasteiger partial charge in [-0.25, -0.2) is 0 Å². The Bertz CT molecular complexity index is 1090. The third kappa shape index (κ3) is 5.15. The summed E-state index contributed by atoms with van der Waals surface area (Å²) in [5.41, 5.74) is 1.81. The van der Waals surface area contributed by atoms with Crippen molar-refractivity contribution in [3.05, 3.63) is 36.9 Å². The van der Waals surface area contributed by atoms with Crippen molar-refractivity contribution in [3.8, 4) is 0 Å². The molecule has 3 saturated heterocycles. The minimum Gasteiger partial charge on any atom is -0.466 e. The monoisotopic (exact) mass is 571 g/mol. The number of rotatable bonds is 13. The zero-order valence-corrected chi connectivity index (χ0v) is 25.4. The number of amides is 2. The molecular formula is C31H45N3O5S. The highest BCUT2D eigenvalue weighted by atomic mass is 32.2. The molecular weight excluding hydrogens is 526 g/mol. The van der Waals surface area contributed by atoms with Gasteiger partial charge in [0, 0.05) is 36.3 Å². The summed E-state index contributed by atoms with van der Waals surface area (Å²) in [7, 11) is 0. The summed E-state index contributed by atoms with van der Waals surface area (Å²) in [6.07, 6.45) is 3.69. The Kier molecular flexibility index (Phi) is 9.55. The van der Waals surface area contributed by atoms with Gasteiger partial charge in [-0.1, -0.05) is 19.9 Å². The summed E-state index contributed by atoms with van der Waals surface area (Å²) in [6, 6.07) is 6.63. The lowest BCUT2D eigenvalue weighted by Gasteiger charge is -2.40. The topological polar surface area (TPSA) is 90.4 Å². The number of anilines is 2. The number of thioether (sulfide) groups is 1. The Hall–Kier alpha value is -2.52. The van der Waals surface area contributed by atoms with E-state index in [1.54, 1.807) is 34.6 Å². The molecule has 1 N–H and O–H groups in total. The molecule has 3 heterocycles. The maximum Gasteiger partial charge on any atom is 0.310 e. The molecule has 40 heavy (non-hydrogen) atoms. The van der Waals surface area contributed by atoms with Gasteiger partial charge < -0.3 is 24.5 Å². The second kappa shape index (κ2) is 12.6. The van der Waals surface area contributed by atoms with Crippen molar-refractivity contribution >= 4 is 40.9 Å². The van der Waals surface area contributed by atoms with E-state index in [-0.39, 0.29) is 48.7 Å².